The molecule has 1 aliphatic heterocycles. The number of hydrogen-bond donors (Lipinski definition) is 3. The zero-order valence-electron chi connectivity index (χ0n) is 10.5. The van der Waals surface area contributed by atoms with Crippen LogP contribution < -0.4 is 5.32 Å². The Labute approximate surface area is 106 Å². The van der Waals surface area contributed by atoms with Crippen molar-refractivity contribution in [3.8, 4) is 0 Å². The molecule has 7 heteroatoms. The number of carboxylic acid groups (broad SMARTS) is 1. The smallest absolute Gasteiger partial charge is 0.317 e. The van der Waals surface area contributed by atoms with Gasteiger partial charge in [-0.2, -0.15) is 0 Å². The summed E-state index contributed by atoms with van der Waals surface area (Å²) in [6.45, 7) is 0.973. The summed E-state index contributed by atoms with van der Waals surface area (Å²) in [6, 6.07) is -0.379. The summed E-state index contributed by atoms with van der Waals surface area (Å²) in [5.74, 6) is -0.907. The van der Waals surface area contributed by atoms with Crippen molar-refractivity contribution in [2.75, 3.05) is 40.0 Å². The second kappa shape index (κ2) is 6.55. The minimum Gasteiger partial charge on any atom is -0.481 e. The number of aliphatic hydroxyl groups is 1. The molecule has 0 aromatic rings. The van der Waals surface area contributed by atoms with E-state index in [-0.39, 0.29) is 25.7 Å². The molecule has 1 saturated heterocycles. The van der Waals surface area contributed by atoms with Crippen LogP contribution in [0.25, 0.3) is 0 Å². The highest BCUT2D eigenvalue weighted by atomic mass is 16.5. The lowest BCUT2D eigenvalue weighted by atomic mass is 9.80. The molecular weight excluding hydrogens is 240 g/mol. The quantitative estimate of drug-likeness (QED) is 0.619. The van der Waals surface area contributed by atoms with Gasteiger partial charge in [-0.25, -0.2) is 4.79 Å². The standard InChI is InChI=1S/C11H20N2O5/c1-13(4-5-14)10(17)12-8-11(9(15)16)2-6-18-7-3-11/h14H,2-8H2,1H3,(H,12,17)(H,15,16). The van der Waals surface area contributed by atoms with Crippen LogP contribution in [0.1, 0.15) is 12.8 Å². The van der Waals surface area contributed by atoms with Crippen LogP contribution in [0.3, 0.4) is 0 Å². The highest BCUT2D eigenvalue weighted by Crippen LogP contribution is 2.30. The largest absolute Gasteiger partial charge is 0.481 e. The summed E-state index contributed by atoms with van der Waals surface area (Å²) in [7, 11) is 1.54. The molecule has 0 aromatic carbocycles. The number of nitrogens with one attached hydrogen (secondary N) is 1. The van der Waals surface area contributed by atoms with E-state index in [1.807, 2.05) is 0 Å². The van der Waals surface area contributed by atoms with Crippen molar-refractivity contribution in [1.82, 2.24) is 10.2 Å². The van der Waals surface area contributed by atoms with Gasteiger partial charge in [-0.15, -0.1) is 0 Å². The monoisotopic (exact) mass is 260 g/mol. The molecule has 0 atom stereocenters. The fourth-order valence-corrected chi connectivity index (χ4v) is 1.86. The molecule has 0 radical (unpaired) electrons. The van der Waals surface area contributed by atoms with Gasteiger partial charge in [0.15, 0.2) is 0 Å². The van der Waals surface area contributed by atoms with Gasteiger partial charge < -0.3 is 25.2 Å². The fourth-order valence-electron chi connectivity index (χ4n) is 1.86. The Balaban J connectivity index is 2.52. The van der Waals surface area contributed by atoms with Crippen molar-refractivity contribution in [2.24, 2.45) is 5.41 Å². The summed E-state index contributed by atoms with van der Waals surface area (Å²) < 4.78 is 5.15. The van der Waals surface area contributed by atoms with E-state index in [4.69, 9.17) is 9.84 Å². The average Bonchev–Trinajstić information content (AvgIpc) is 2.37. The van der Waals surface area contributed by atoms with E-state index in [0.29, 0.717) is 26.1 Å². The lowest BCUT2D eigenvalue weighted by molar-refractivity contribution is -0.154. The molecule has 1 heterocycles. The van der Waals surface area contributed by atoms with Crippen LogP contribution in [-0.2, 0) is 9.53 Å². The number of hydrogen-bond acceptors (Lipinski definition) is 4. The number of carbonyl (C=O) groups is 2. The zero-order chi connectivity index (χ0) is 13.6. The molecule has 2 amide bonds. The third-order valence-corrected chi connectivity index (χ3v) is 3.26. The number of carboxylic acids is 1. The lowest BCUT2D eigenvalue weighted by Crippen LogP contribution is -2.49. The maximum absolute atomic E-state index is 11.6. The first-order valence-corrected chi connectivity index (χ1v) is 5.93. The Hall–Kier alpha value is -1.34. The molecule has 0 bridgehead atoms. The second-order valence-corrected chi connectivity index (χ2v) is 4.50. The van der Waals surface area contributed by atoms with Crippen molar-refractivity contribution in [3.05, 3.63) is 0 Å². The molecule has 0 spiro atoms. The summed E-state index contributed by atoms with van der Waals surface area (Å²) >= 11 is 0. The lowest BCUT2D eigenvalue weighted by Gasteiger charge is -2.33. The number of aliphatic hydroxyl groups excluding tert-OH is 1. The molecule has 3 N–H and O–H groups in total. The van der Waals surface area contributed by atoms with Crippen molar-refractivity contribution >= 4 is 12.0 Å². The Morgan fingerprint density at radius 2 is 2.00 bits per heavy atom. The van der Waals surface area contributed by atoms with Crippen LogP contribution in [0.5, 0.6) is 0 Å². The summed E-state index contributed by atoms with van der Waals surface area (Å²) in [6.07, 6.45) is 0.790. The molecule has 0 saturated carbocycles. The summed E-state index contributed by atoms with van der Waals surface area (Å²) in [5, 5.41) is 20.6. The molecule has 18 heavy (non-hydrogen) atoms. The van der Waals surface area contributed by atoms with Gasteiger partial charge in [0, 0.05) is 33.4 Å². The number of likely N-dealkylation sites (N-methyl/N-ethyl adjacent to an activating group) is 1. The van der Waals surface area contributed by atoms with Crippen LogP contribution in [0.2, 0.25) is 0 Å². The van der Waals surface area contributed by atoms with Crippen molar-refractivity contribution < 1.29 is 24.5 Å². The van der Waals surface area contributed by atoms with E-state index in [1.54, 1.807) is 7.05 Å². The van der Waals surface area contributed by atoms with Crippen LogP contribution in [0, 0.1) is 5.41 Å². The molecule has 104 valence electrons. The first-order valence-electron chi connectivity index (χ1n) is 5.93. The zero-order valence-corrected chi connectivity index (χ0v) is 10.5. The van der Waals surface area contributed by atoms with E-state index in [1.165, 1.54) is 4.90 Å². The van der Waals surface area contributed by atoms with Crippen LogP contribution in [0.15, 0.2) is 0 Å². The first-order chi connectivity index (χ1) is 8.52. The molecule has 0 unspecified atom stereocenters. The molecule has 0 aliphatic carbocycles. The Kier molecular flexibility index (Phi) is 5.36. The third kappa shape index (κ3) is 3.58. The summed E-state index contributed by atoms with van der Waals surface area (Å²) in [4.78, 5) is 24.3. The molecule has 0 aromatic heterocycles. The number of nitrogens with zero attached hydrogens (tertiary/aromatic N) is 1. The van der Waals surface area contributed by atoms with E-state index in [9.17, 15) is 14.7 Å². The predicted octanol–water partition coefficient (Wildman–Crippen LogP) is -0.498. The molecule has 1 fully saturated rings. The van der Waals surface area contributed by atoms with Gasteiger partial charge in [0.2, 0.25) is 0 Å². The van der Waals surface area contributed by atoms with Gasteiger partial charge in [-0.1, -0.05) is 0 Å². The minimum absolute atomic E-state index is 0.0836. The number of aliphatic carboxylic acids is 1. The SMILES string of the molecule is CN(CCO)C(=O)NCC1(C(=O)O)CCOCC1. The Morgan fingerprint density at radius 1 is 1.39 bits per heavy atom. The molecule has 7 nitrogen and oxygen atoms in total. The Morgan fingerprint density at radius 3 is 2.50 bits per heavy atom. The number of urea groups is 1. The average molecular weight is 260 g/mol. The Bertz CT molecular complexity index is 302. The van der Waals surface area contributed by atoms with Crippen LogP contribution in [-0.4, -0.2) is 67.1 Å². The van der Waals surface area contributed by atoms with Gasteiger partial charge >= 0.3 is 12.0 Å². The highest BCUT2D eigenvalue weighted by molar-refractivity contribution is 5.78. The normalized spacial score (nSPS) is 18.1. The van der Waals surface area contributed by atoms with E-state index in [2.05, 4.69) is 5.32 Å². The molecule has 1 rings (SSSR count). The van der Waals surface area contributed by atoms with Crippen molar-refractivity contribution in [2.45, 2.75) is 12.8 Å². The first kappa shape index (κ1) is 14.7. The third-order valence-electron chi connectivity index (χ3n) is 3.26. The highest BCUT2D eigenvalue weighted by Gasteiger charge is 2.40. The summed E-state index contributed by atoms with van der Waals surface area (Å²) in [5.41, 5.74) is -0.937. The van der Waals surface area contributed by atoms with Crippen LogP contribution in [0.4, 0.5) is 4.79 Å². The van der Waals surface area contributed by atoms with E-state index in [0.717, 1.165) is 0 Å². The minimum atomic E-state index is -0.937. The van der Waals surface area contributed by atoms with Gasteiger partial charge in [0.25, 0.3) is 0 Å². The van der Waals surface area contributed by atoms with E-state index < -0.39 is 11.4 Å². The maximum Gasteiger partial charge on any atom is 0.317 e. The van der Waals surface area contributed by atoms with Crippen LogP contribution >= 0.6 is 0 Å². The van der Waals surface area contributed by atoms with Crippen molar-refractivity contribution in [3.63, 3.8) is 0 Å². The van der Waals surface area contributed by atoms with Gasteiger partial charge in [0.1, 0.15) is 0 Å². The van der Waals surface area contributed by atoms with Gasteiger partial charge in [-0.05, 0) is 12.8 Å². The molecular formula is C11H20N2O5. The van der Waals surface area contributed by atoms with Gasteiger partial charge in [0.05, 0.1) is 12.0 Å². The fraction of sp³-hybridized carbons (Fsp3) is 0.818. The predicted molar refractivity (Wildman–Crippen MR) is 63.2 cm³/mol. The molecule has 1 aliphatic rings. The number of carbonyl (C=O) groups excluding carboxylic acids is 1. The topological polar surface area (TPSA) is 99.1 Å². The second-order valence-electron chi connectivity index (χ2n) is 4.50. The van der Waals surface area contributed by atoms with E-state index >= 15 is 0 Å². The van der Waals surface area contributed by atoms with Crippen molar-refractivity contribution in [1.29, 1.82) is 0 Å². The number of amides is 2. The maximum atomic E-state index is 11.6. The van der Waals surface area contributed by atoms with Gasteiger partial charge in [-0.3, -0.25) is 4.79 Å². The number of rotatable bonds is 5. The number of ether oxygens (including phenoxy) is 1.